The Morgan fingerprint density at radius 2 is 1.94 bits per heavy atom. The third kappa shape index (κ3) is 3.93. The number of aromatic nitrogens is 2. The summed E-state index contributed by atoms with van der Waals surface area (Å²) in [6, 6.07) is 0. The highest BCUT2D eigenvalue weighted by atomic mass is 32.2. The number of anilines is 1. The van der Waals surface area contributed by atoms with Gasteiger partial charge in [0.15, 0.2) is 0 Å². The highest BCUT2D eigenvalue weighted by Crippen LogP contribution is 2.06. The van der Waals surface area contributed by atoms with Crippen LogP contribution in [0.2, 0.25) is 0 Å². The molecule has 1 aromatic heterocycles. The van der Waals surface area contributed by atoms with Crippen molar-refractivity contribution in [2.24, 2.45) is 0 Å². The number of nitrogens with one attached hydrogen (secondary N) is 3. The molecule has 3 N–H and O–H groups in total. The van der Waals surface area contributed by atoms with Gasteiger partial charge < -0.3 is 10.6 Å². The summed E-state index contributed by atoms with van der Waals surface area (Å²) in [5.74, 6) is -0.0773. The van der Waals surface area contributed by atoms with Crippen LogP contribution in [0.25, 0.3) is 0 Å². The fourth-order valence-electron chi connectivity index (χ4n) is 1.04. The van der Waals surface area contributed by atoms with Gasteiger partial charge >= 0.3 is 0 Å². The minimum absolute atomic E-state index is 0.0898. The van der Waals surface area contributed by atoms with Crippen LogP contribution in [-0.2, 0) is 14.8 Å². The molecule has 0 atom stereocenters. The zero-order chi connectivity index (χ0) is 13.6. The number of nitrogens with zero attached hydrogens (tertiary/aromatic N) is 2. The molecular weight excluding hydrogens is 258 g/mol. The quantitative estimate of drug-likeness (QED) is 0.608. The van der Waals surface area contributed by atoms with Crippen molar-refractivity contribution in [3.05, 3.63) is 12.4 Å². The number of carbonyl (C=O) groups excluding carboxylic acids is 1. The summed E-state index contributed by atoms with van der Waals surface area (Å²) in [5, 5.41) is 5.15. The lowest BCUT2D eigenvalue weighted by molar-refractivity contribution is -0.119. The van der Waals surface area contributed by atoms with Crippen LogP contribution in [0.15, 0.2) is 17.3 Å². The monoisotopic (exact) mass is 273 g/mol. The van der Waals surface area contributed by atoms with E-state index in [1.54, 1.807) is 0 Å². The average molecular weight is 273 g/mol. The van der Waals surface area contributed by atoms with Crippen LogP contribution in [0.5, 0.6) is 0 Å². The Labute approximate surface area is 105 Å². The minimum atomic E-state index is -3.76. The first-order valence-corrected chi connectivity index (χ1v) is 6.74. The van der Waals surface area contributed by atoms with Gasteiger partial charge in [0.2, 0.25) is 21.9 Å². The largest absolute Gasteiger partial charge is 0.358 e. The Kier molecular flexibility index (Phi) is 4.98. The van der Waals surface area contributed by atoms with Gasteiger partial charge in [-0.05, 0) is 6.92 Å². The molecule has 0 aromatic carbocycles. The SMILES string of the molecule is CCNc1ncc(S(=O)(=O)NCC(=O)NC)cn1. The second kappa shape index (κ2) is 6.26. The highest BCUT2D eigenvalue weighted by Gasteiger charge is 2.16. The molecule has 0 unspecified atom stereocenters. The fraction of sp³-hybridized carbons (Fsp3) is 0.444. The molecule has 0 saturated heterocycles. The first kappa shape index (κ1) is 14.3. The molecular formula is C9H15N5O3S. The zero-order valence-corrected chi connectivity index (χ0v) is 10.9. The minimum Gasteiger partial charge on any atom is -0.358 e. The summed E-state index contributed by atoms with van der Waals surface area (Å²) in [4.78, 5) is 18.5. The van der Waals surface area contributed by atoms with E-state index in [0.29, 0.717) is 12.5 Å². The second-order valence-corrected chi connectivity index (χ2v) is 5.04. The molecule has 8 nitrogen and oxygen atoms in total. The summed E-state index contributed by atoms with van der Waals surface area (Å²) < 4.78 is 25.6. The molecule has 0 bridgehead atoms. The Hall–Kier alpha value is -1.74. The van der Waals surface area contributed by atoms with Crippen LogP contribution >= 0.6 is 0 Å². The van der Waals surface area contributed by atoms with Crippen molar-refractivity contribution in [2.45, 2.75) is 11.8 Å². The van der Waals surface area contributed by atoms with E-state index >= 15 is 0 Å². The maximum Gasteiger partial charge on any atom is 0.244 e. The zero-order valence-electron chi connectivity index (χ0n) is 10.1. The van der Waals surface area contributed by atoms with Crippen LogP contribution in [0.4, 0.5) is 5.95 Å². The number of rotatable bonds is 6. The predicted octanol–water partition coefficient (Wildman–Crippen LogP) is -1.07. The van der Waals surface area contributed by atoms with E-state index in [2.05, 4.69) is 25.3 Å². The summed E-state index contributed by atoms with van der Waals surface area (Å²) in [5.41, 5.74) is 0. The number of likely N-dealkylation sites (N-methyl/N-ethyl adjacent to an activating group) is 1. The van der Waals surface area contributed by atoms with Crippen molar-refractivity contribution >= 4 is 21.9 Å². The predicted molar refractivity (Wildman–Crippen MR) is 65.5 cm³/mol. The van der Waals surface area contributed by atoms with Crippen molar-refractivity contribution in [1.29, 1.82) is 0 Å². The van der Waals surface area contributed by atoms with Gasteiger partial charge in [-0.2, -0.15) is 0 Å². The molecule has 9 heteroatoms. The Balaban J connectivity index is 2.75. The molecule has 1 aromatic rings. The standard InChI is InChI=1S/C9H15N5O3S/c1-3-11-9-12-4-7(5-13-9)18(16,17)14-6-8(15)10-2/h4-5,14H,3,6H2,1-2H3,(H,10,15)(H,11,12,13). The van der Waals surface area contributed by atoms with Crippen LogP contribution in [0.3, 0.4) is 0 Å². The fourth-order valence-corrected chi connectivity index (χ4v) is 1.91. The van der Waals surface area contributed by atoms with Gasteiger partial charge in [-0.15, -0.1) is 0 Å². The number of hydrogen-bond acceptors (Lipinski definition) is 6. The van der Waals surface area contributed by atoms with E-state index in [9.17, 15) is 13.2 Å². The molecule has 0 saturated carbocycles. The molecule has 18 heavy (non-hydrogen) atoms. The molecule has 0 aliphatic rings. The van der Waals surface area contributed by atoms with E-state index in [1.807, 2.05) is 6.92 Å². The van der Waals surface area contributed by atoms with E-state index in [0.717, 1.165) is 0 Å². The third-order valence-electron chi connectivity index (χ3n) is 1.97. The topological polar surface area (TPSA) is 113 Å². The summed E-state index contributed by atoms with van der Waals surface area (Å²) >= 11 is 0. The van der Waals surface area contributed by atoms with Gasteiger partial charge in [-0.3, -0.25) is 4.79 Å². The molecule has 1 amide bonds. The van der Waals surface area contributed by atoms with Crippen molar-refractivity contribution in [2.75, 3.05) is 25.5 Å². The lowest BCUT2D eigenvalue weighted by Crippen LogP contribution is -2.35. The third-order valence-corrected chi connectivity index (χ3v) is 3.33. The van der Waals surface area contributed by atoms with Gasteiger partial charge in [0.1, 0.15) is 4.90 Å². The van der Waals surface area contributed by atoms with Gasteiger partial charge in [0.05, 0.1) is 18.9 Å². The van der Waals surface area contributed by atoms with Crippen molar-refractivity contribution < 1.29 is 13.2 Å². The Bertz CT molecular complexity index is 499. The number of amides is 1. The molecule has 100 valence electrons. The van der Waals surface area contributed by atoms with E-state index < -0.39 is 15.9 Å². The molecule has 0 aliphatic carbocycles. The summed E-state index contributed by atoms with van der Waals surface area (Å²) in [7, 11) is -2.34. The highest BCUT2D eigenvalue weighted by molar-refractivity contribution is 7.89. The average Bonchev–Trinajstić information content (AvgIpc) is 2.37. The Morgan fingerprint density at radius 3 is 2.44 bits per heavy atom. The molecule has 0 fully saturated rings. The lowest BCUT2D eigenvalue weighted by atomic mass is 10.6. The van der Waals surface area contributed by atoms with E-state index in [1.165, 1.54) is 19.4 Å². The first-order chi connectivity index (χ1) is 8.49. The van der Waals surface area contributed by atoms with Crippen LogP contribution < -0.4 is 15.4 Å². The normalized spacial score (nSPS) is 11.0. The maximum atomic E-state index is 11.7. The van der Waals surface area contributed by atoms with E-state index in [4.69, 9.17) is 0 Å². The van der Waals surface area contributed by atoms with Gasteiger partial charge in [0, 0.05) is 13.6 Å². The molecule has 1 heterocycles. The summed E-state index contributed by atoms with van der Waals surface area (Å²) in [6.07, 6.45) is 2.36. The number of sulfonamides is 1. The van der Waals surface area contributed by atoms with E-state index in [-0.39, 0.29) is 11.4 Å². The summed E-state index contributed by atoms with van der Waals surface area (Å²) in [6.45, 7) is 2.19. The molecule has 0 aliphatic heterocycles. The first-order valence-electron chi connectivity index (χ1n) is 5.25. The number of carbonyl (C=O) groups is 1. The number of hydrogen-bond donors (Lipinski definition) is 3. The smallest absolute Gasteiger partial charge is 0.244 e. The van der Waals surface area contributed by atoms with Gasteiger partial charge in [-0.25, -0.2) is 23.1 Å². The molecule has 0 radical (unpaired) electrons. The van der Waals surface area contributed by atoms with Crippen molar-refractivity contribution in [3.63, 3.8) is 0 Å². The molecule has 1 rings (SSSR count). The van der Waals surface area contributed by atoms with Gasteiger partial charge in [0.25, 0.3) is 0 Å². The maximum absolute atomic E-state index is 11.7. The van der Waals surface area contributed by atoms with Gasteiger partial charge in [-0.1, -0.05) is 0 Å². The van der Waals surface area contributed by atoms with Crippen molar-refractivity contribution in [1.82, 2.24) is 20.0 Å². The Morgan fingerprint density at radius 1 is 1.33 bits per heavy atom. The van der Waals surface area contributed by atoms with Crippen LogP contribution in [0, 0.1) is 0 Å². The second-order valence-electron chi connectivity index (χ2n) is 3.27. The lowest BCUT2D eigenvalue weighted by Gasteiger charge is -2.06. The van der Waals surface area contributed by atoms with Crippen LogP contribution in [-0.4, -0.2) is 44.4 Å². The van der Waals surface area contributed by atoms with Crippen molar-refractivity contribution in [3.8, 4) is 0 Å². The molecule has 0 spiro atoms. The van der Waals surface area contributed by atoms with Crippen LogP contribution in [0.1, 0.15) is 6.92 Å².